The monoisotopic (exact) mass is 249 g/mol. The second-order valence-corrected chi connectivity index (χ2v) is 3.56. The van der Waals surface area contributed by atoms with Crippen LogP contribution in [0.3, 0.4) is 0 Å². The summed E-state index contributed by atoms with van der Waals surface area (Å²) >= 11 is 0. The molecule has 0 spiro atoms. The van der Waals surface area contributed by atoms with E-state index in [1.54, 1.807) is 13.2 Å². The van der Waals surface area contributed by atoms with Crippen LogP contribution in [0.25, 0.3) is 0 Å². The molecule has 0 saturated carbocycles. The number of aromatic nitrogens is 3. The first-order valence-corrected chi connectivity index (χ1v) is 5.29. The van der Waals surface area contributed by atoms with E-state index in [1.165, 1.54) is 6.33 Å². The van der Waals surface area contributed by atoms with Gasteiger partial charge in [0.1, 0.15) is 11.6 Å². The van der Waals surface area contributed by atoms with Crippen LogP contribution in [0.15, 0.2) is 24.8 Å². The Morgan fingerprint density at radius 2 is 2.33 bits per heavy atom. The molecule has 0 unspecified atom stereocenters. The van der Waals surface area contributed by atoms with Gasteiger partial charge in [0.15, 0.2) is 0 Å². The molecule has 0 aliphatic rings. The van der Waals surface area contributed by atoms with Crippen molar-refractivity contribution in [2.45, 2.75) is 6.54 Å². The minimum atomic E-state index is -0.555. The van der Waals surface area contributed by atoms with Crippen molar-refractivity contribution in [3.63, 3.8) is 0 Å². The molecule has 2 aromatic heterocycles. The average molecular weight is 249 g/mol. The van der Waals surface area contributed by atoms with Gasteiger partial charge in [-0.1, -0.05) is 0 Å². The van der Waals surface area contributed by atoms with Crippen LogP contribution in [0, 0.1) is 5.82 Å². The van der Waals surface area contributed by atoms with E-state index in [1.807, 2.05) is 0 Å². The van der Waals surface area contributed by atoms with Crippen molar-refractivity contribution in [1.82, 2.24) is 20.3 Å². The van der Waals surface area contributed by atoms with E-state index >= 15 is 0 Å². The summed E-state index contributed by atoms with van der Waals surface area (Å²) in [6, 6.07) is 1.14. The first kappa shape index (κ1) is 12.0. The largest absolute Gasteiger partial charge is 0.372 e. The van der Waals surface area contributed by atoms with Crippen molar-refractivity contribution < 1.29 is 9.18 Å². The number of halogens is 1. The van der Waals surface area contributed by atoms with E-state index < -0.39 is 11.7 Å². The lowest BCUT2D eigenvalue weighted by molar-refractivity contribution is 0.0950. The van der Waals surface area contributed by atoms with E-state index in [0.717, 1.165) is 18.0 Å². The zero-order valence-corrected chi connectivity index (χ0v) is 9.70. The number of rotatable bonds is 4. The van der Waals surface area contributed by atoms with E-state index in [2.05, 4.69) is 25.6 Å². The van der Waals surface area contributed by atoms with Gasteiger partial charge in [-0.25, -0.2) is 14.4 Å². The predicted molar refractivity (Wildman–Crippen MR) is 63.5 cm³/mol. The molecule has 0 aromatic carbocycles. The van der Waals surface area contributed by atoms with Gasteiger partial charge >= 0.3 is 0 Å². The second kappa shape index (κ2) is 5.26. The molecule has 0 saturated heterocycles. The first-order chi connectivity index (χ1) is 8.70. The number of hydrogen-bond donors (Lipinski definition) is 3. The molecule has 18 heavy (non-hydrogen) atoms. The Bertz CT molecular complexity index is 540. The van der Waals surface area contributed by atoms with E-state index in [-0.39, 0.29) is 5.56 Å². The molecule has 94 valence electrons. The van der Waals surface area contributed by atoms with Crippen molar-refractivity contribution in [3.05, 3.63) is 41.9 Å². The normalized spacial score (nSPS) is 10.1. The molecule has 2 aromatic rings. The predicted octanol–water partition coefficient (Wildman–Crippen LogP) is 0.916. The highest BCUT2D eigenvalue weighted by molar-refractivity contribution is 5.98. The van der Waals surface area contributed by atoms with E-state index in [4.69, 9.17) is 0 Å². The van der Waals surface area contributed by atoms with Crippen LogP contribution in [-0.2, 0) is 6.54 Å². The summed E-state index contributed by atoms with van der Waals surface area (Å²) in [7, 11) is 1.62. The number of imidazole rings is 1. The lowest BCUT2D eigenvalue weighted by atomic mass is 10.2. The van der Waals surface area contributed by atoms with Gasteiger partial charge < -0.3 is 15.6 Å². The van der Waals surface area contributed by atoms with Crippen LogP contribution in [-0.4, -0.2) is 27.9 Å². The van der Waals surface area contributed by atoms with Crippen molar-refractivity contribution in [3.8, 4) is 0 Å². The van der Waals surface area contributed by atoms with Gasteiger partial charge in [-0.2, -0.15) is 0 Å². The van der Waals surface area contributed by atoms with Gasteiger partial charge in [0.2, 0.25) is 0 Å². The molecule has 0 bridgehead atoms. The fourth-order valence-corrected chi connectivity index (χ4v) is 1.46. The molecule has 7 heteroatoms. The quantitative estimate of drug-likeness (QED) is 0.752. The highest BCUT2D eigenvalue weighted by Gasteiger charge is 2.13. The molecule has 2 heterocycles. The average Bonchev–Trinajstić information content (AvgIpc) is 2.89. The summed E-state index contributed by atoms with van der Waals surface area (Å²) < 4.78 is 13.1. The smallest absolute Gasteiger partial charge is 0.255 e. The Balaban J connectivity index is 2.10. The maximum absolute atomic E-state index is 13.1. The molecule has 3 N–H and O–H groups in total. The molecule has 0 aliphatic carbocycles. The summed E-state index contributed by atoms with van der Waals surface area (Å²) in [4.78, 5) is 22.4. The molecule has 0 radical (unpaired) electrons. The van der Waals surface area contributed by atoms with Gasteiger partial charge in [0.05, 0.1) is 30.3 Å². The van der Waals surface area contributed by atoms with Crippen LogP contribution in [0.4, 0.5) is 10.2 Å². The Morgan fingerprint density at radius 3 is 3.00 bits per heavy atom. The lowest BCUT2D eigenvalue weighted by Gasteiger charge is -2.08. The van der Waals surface area contributed by atoms with E-state index in [0.29, 0.717) is 12.4 Å². The zero-order chi connectivity index (χ0) is 13.0. The fraction of sp³-hybridized carbons (Fsp3) is 0.182. The third-order valence-corrected chi connectivity index (χ3v) is 2.33. The van der Waals surface area contributed by atoms with Crippen LogP contribution < -0.4 is 10.6 Å². The minimum Gasteiger partial charge on any atom is -0.372 e. The number of anilines is 1. The summed E-state index contributed by atoms with van der Waals surface area (Å²) in [5, 5.41) is 5.38. The van der Waals surface area contributed by atoms with E-state index in [9.17, 15) is 9.18 Å². The van der Waals surface area contributed by atoms with Crippen molar-refractivity contribution in [2.75, 3.05) is 12.4 Å². The summed E-state index contributed by atoms with van der Waals surface area (Å²) in [6.07, 6.45) is 4.17. The number of aromatic amines is 1. The van der Waals surface area contributed by atoms with Crippen LogP contribution in [0.2, 0.25) is 0 Å². The molecule has 0 fully saturated rings. The second-order valence-electron chi connectivity index (χ2n) is 3.56. The molecular weight excluding hydrogens is 237 g/mol. The summed E-state index contributed by atoms with van der Waals surface area (Å²) in [5.74, 6) is -0.625. The summed E-state index contributed by atoms with van der Waals surface area (Å²) in [5.41, 5.74) is 0.927. The number of H-pyrrole nitrogens is 1. The molecule has 1 amide bonds. The Hall–Kier alpha value is -2.44. The van der Waals surface area contributed by atoms with Gasteiger partial charge in [0.25, 0.3) is 5.91 Å². The zero-order valence-electron chi connectivity index (χ0n) is 9.70. The number of pyridine rings is 1. The maximum atomic E-state index is 13.1. The topological polar surface area (TPSA) is 82.7 Å². The molecular formula is C11H12FN5O. The Morgan fingerprint density at radius 1 is 1.50 bits per heavy atom. The molecule has 0 aliphatic heterocycles. The van der Waals surface area contributed by atoms with Gasteiger partial charge in [-0.3, -0.25) is 4.79 Å². The van der Waals surface area contributed by atoms with Gasteiger partial charge in [0, 0.05) is 13.2 Å². The number of amides is 1. The summed E-state index contributed by atoms with van der Waals surface area (Å²) in [6.45, 7) is 0.290. The van der Waals surface area contributed by atoms with Gasteiger partial charge in [-0.05, 0) is 6.07 Å². The van der Waals surface area contributed by atoms with Crippen LogP contribution in [0.1, 0.15) is 16.1 Å². The Labute approximate surface area is 103 Å². The first-order valence-electron chi connectivity index (χ1n) is 5.29. The van der Waals surface area contributed by atoms with Crippen LogP contribution in [0.5, 0.6) is 0 Å². The standard InChI is InChI=1S/C11H12FN5O/c1-13-10-9(2-7(12)3-15-10)11(18)16-5-8-4-14-6-17-8/h2-4,6H,5H2,1H3,(H,13,15)(H,14,17)(H,16,18). The minimum absolute atomic E-state index is 0.164. The fourth-order valence-electron chi connectivity index (χ4n) is 1.46. The Kier molecular flexibility index (Phi) is 3.52. The highest BCUT2D eigenvalue weighted by atomic mass is 19.1. The number of carbonyl (C=O) groups is 1. The van der Waals surface area contributed by atoms with Crippen molar-refractivity contribution in [2.24, 2.45) is 0 Å². The van der Waals surface area contributed by atoms with Crippen molar-refractivity contribution >= 4 is 11.7 Å². The lowest BCUT2D eigenvalue weighted by Crippen LogP contribution is -2.24. The van der Waals surface area contributed by atoms with Crippen molar-refractivity contribution in [1.29, 1.82) is 0 Å². The molecule has 6 nitrogen and oxygen atoms in total. The molecule has 2 rings (SSSR count). The highest BCUT2D eigenvalue weighted by Crippen LogP contribution is 2.12. The SMILES string of the molecule is CNc1ncc(F)cc1C(=O)NCc1cnc[nH]1. The molecule has 0 atom stereocenters. The number of hydrogen-bond acceptors (Lipinski definition) is 4. The van der Waals surface area contributed by atoms with Crippen LogP contribution >= 0.6 is 0 Å². The van der Waals surface area contributed by atoms with Gasteiger partial charge in [-0.15, -0.1) is 0 Å². The number of nitrogens with zero attached hydrogens (tertiary/aromatic N) is 2. The number of carbonyl (C=O) groups excluding carboxylic acids is 1. The third-order valence-electron chi connectivity index (χ3n) is 2.33. The number of nitrogens with one attached hydrogen (secondary N) is 3. The third kappa shape index (κ3) is 2.62. The maximum Gasteiger partial charge on any atom is 0.255 e.